The Morgan fingerprint density at radius 1 is 1.05 bits per heavy atom. The van der Waals surface area contributed by atoms with Gasteiger partial charge < -0.3 is 10.1 Å². The van der Waals surface area contributed by atoms with Gasteiger partial charge in [0.1, 0.15) is 12.4 Å². The Morgan fingerprint density at radius 3 is 2.38 bits per heavy atom. The number of hydrogen-bond donors (Lipinski definition) is 1. The van der Waals surface area contributed by atoms with Crippen LogP contribution in [0.5, 0.6) is 5.75 Å². The summed E-state index contributed by atoms with van der Waals surface area (Å²) < 4.78 is 5.84. The van der Waals surface area contributed by atoms with Gasteiger partial charge in [0, 0.05) is 6.04 Å². The summed E-state index contributed by atoms with van der Waals surface area (Å²) in [6.45, 7) is 2.96. The second-order valence-corrected chi connectivity index (χ2v) is 5.94. The Bertz CT molecular complexity index is 564. The maximum atomic E-state index is 5.84. The van der Waals surface area contributed by atoms with Gasteiger partial charge in [-0.1, -0.05) is 49.4 Å². The van der Waals surface area contributed by atoms with E-state index in [9.17, 15) is 0 Å². The zero-order valence-corrected chi connectivity index (χ0v) is 12.8. The van der Waals surface area contributed by atoms with Gasteiger partial charge in [0.2, 0.25) is 0 Å². The topological polar surface area (TPSA) is 21.3 Å². The van der Waals surface area contributed by atoms with Gasteiger partial charge in [-0.25, -0.2) is 0 Å². The molecule has 0 aromatic heterocycles. The first-order chi connectivity index (χ1) is 10.3. The first-order valence-corrected chi connectivity index (χ1v) is 7.72. The number of nitrogens with one attached hydrogen (secondary N) is 1. The normalized spacial score (nSPS) is 24.4. The molecule has 0 spiro atoms. The minimum absolute atomic E-state index is 0.627. The third-order valence-corrected chi connectivity index (χ3v) is 4.70. The highest BCUT2D eigenvalue weighted by molar-refractivity contribution is 5.32. The van der Waals surface area contributed by atoms with E-state index in [0.717, 1.165) is 5.75 Å². The molecule has 2 heteroatoms. The lowest BCUT2D eigenvalue weighted by molar-refractivity contribution is 0.194. The fourth-order valence-electron chi connectivity index (χ4n) is 3.16. The summed E-state index contributed by atoms with van der Waals surface area (Å²) in [7, 11) is 2.05. The van der Waals surface area contributed by atoms with E-state index in [0.29, 0.717) is 24.5 Å². The van der Waals surface area contributed by atoms with Crippen molar-refractivity contribution in [2.45, 2.75) is 31.9 Å². The van der Waals surface area contributed by atoms with Crippen LogP contribution in [0.2, 0.25) is 0 Å². The molecule has 0 radical (unpaired) electrons. The molecule has 2 aromatic rings. The van der Waals surface area contributed by atoms with Crippen molar-refractivity contribution in [3.8, 4) is 5.75 Å². The van der Waals surface area contributed by atoms with Gasteiger partial charge in [0.15, 0.2) is 0 Å². The molecule has 2 aromatic carbocycles. The predicted octanol–water partition coefficient (Wildman–Crippen LogP) is 3.98. The van der Waals surface area contributed by atoms with Crippen molar-refractivity contribution in [2.24, 2.45) is 5.92 Å². The number of rotatable bonds is 5. The summed E-state index contributed by atoms with van der Waals surface area (Å²) >= 11 is 0. The molecule has 1 aliphatic carbocycles. The smallest absolute Gasteiger partial charge is 0.119 e. The summed E-state index contributed by atoms with van der Waals surface area (Å²) in [6.07, 6.45) is 1.24. The molecule has 110 valence electrons. The van der Waals surface area contributed by atoms with E-state index in [4.69, 9.17) is 4.74 Å². The van der Waals surface area contributed by atoms with Crippen molar-refractivity contribution >= 4 is 0 Å². The Hall–Kier alpha value is -1.80. The van der Waals surface area contributed by atoms with Crippen LogP contribution in [0, 0.1) is 5.92 Å². The largest absolute Gasteiger partial charge is 0.489 e. The van der Waals surface area contributed by atoms with Crippen LogP contribution in [-0.4, -0.2) is 13.1 Å². The molecule has 3 unspecified atom stereocenters. The summed E-state index contributed by atoms with van der Waals surface area (Å²) in [6, 6.07) is 19.6. The fraction of sp³-hybridized carbons (Fsp3) is 0.368. The van der Waals surface area contributed by atoms with Crippen LogP contribution in [0.25, 0.3) is 0 Å². The molecule has 0 aliphatic heterocycles. The van der Waals surface area contributed by atoms with Gasteiger partial charge in [-0.05, 0) is 48.6 Å². The van der Waals surface area contributed by atoms with Crippen molar-refractivity contribution < 1.29 is 4.74 Å². The molecule has 3 atom stereocenters. The lowest BCUT2D eigenvalue weighted by atomic mass is 9.67. The van der Waals surface area contributed by atoms with E-state index >= 15 is 0 Å². The molecule has 0 bridgehead atoms. The highest BCUT2D eigenvalue weighted by atomic mass is 16.5. The minimum atomic E-state index is 0.627. The molecule has 0 saturated heterocycles. The maximum absolute atomic E-state index is 5.84. The molecule has 1 N–H and O–H groups in total. The quantitative estimate of drug-likeness (QED) is 0.895. The Balaban J connectivity index is 1.57. The molecule has 1 aliphatic rings. The van der Waals surface area contributed by atoms with Gasteiger partial charge in [-0.3, -0.25) is 0 Å². The van der Waals surface area contributed by atoms with Gasteiger partial charge in [0.25, 0.3) is 0 Å². The minimum Gasteiger partial charge on any atom is -0.489 e. The molecule has 2 nitrogen and oxygen atoms in total. The van der Waals surface area contributed by atoms with Crippen molar-refractivity contribution in [3.63, 3.8) is 0 Å². The standard InChI is InChI=1S/C19H23NO/c1-14-18(12-19(14)20-2)16-8-10-17(11-9-16)21-13-15-6-4-3-5-7-15/h3-11,14,18-20H,12-13H2,1-2H3. The maximum Gasteiger partial charge on any atom is 0.119 e. The van der Waals surface area contributed by atoms with Gasteiger partial charge in [-0.15, -0.1) is 0 Å². The Morgan fingerprint density at radius 2 is 1.76 bits per heavy atom. The average molecular weight is 281 g/mol. The first kappa shape index (κ1) is 14.2. The Labute approximate surface area is 127 Å². The van der Waals surface area contributed by atoms with Crippen molar-refractivity contribution in [3.05, 3.63) is 65.7 Å². The molecule has 3 rings (SSSR count). The molecule has 1 saturated carbocycles. The van der Waals surface area contributed by atoms with Gasteiger partial charge in [-0.2, -0.15) is 0 Å². The third-order valence-electron chi connectivity index (χ3n) is 4.70. The summed E-state index contributed by atoms with van der Waals surface area (Å²) in [5.74, 6) is 2.34. The molecular weight excluding hydrogens is 258 g/mol. The predicted molar refractivity (Wildman–Crippen MR) is 86.6 cm³/mol. The molecular formula is C19H23NO. The van der Waals surface area contributed by atoms with E-state index in [1.165, 1.54) is 17.5 Å². The van der Waals surface area contributed by atoms with E-state index in [-0.39, 0.29) is 0 Å². The van der Waals surface area contributed by atoms with Crippen LogP contribution in [0.15, 0.2) is 54.6 Å². The Kier molecular flexibility index (Phi) is 4.26. The van der Waals surface area contributed by atoms with Crippen LogP contribution < -0.4 is 10.1 Å². The summed E-state index contributed by atoms with van der Waals surface area (Å²) in [5.41, 5.74) is 2.63. The number of benzene rings is 2. The molecule has 0 heterocycles. The summed E-state index contributed by atoms with van der Waals surface area (Å²) in [4.78, 5) is 0. The monoisotopic (exact) mass is 281 g/mol. The highest BCUT2D eigenvalue weighted by Gasteiger charge is 2.37. The fourth-order valence-corrected chi connectivity index (χ4v) is 3.16. The van der Waals surface area contributed by atoms with Gasteiger partial charge in [0.05, 0.1) is 0 Å². The lowest BCUT2D eigenvalue weighted by Gasteiger charge is -2.43. The van der Waals surface area contributed by atoms with Crippen molar-refractivity contribution in [1.29, 1.82) is 0 Å². The number of ether oxygens (including phenoxy) is 1. The molecule has 1 fully saturated rings. The summed E-state index contributed by atoms with van der Waals surface area (Å²) in [5, 5.41) is 3.38. The number of hydrogen-bond acceptors (Lipinski definition) is 2. The zero-order chi connectivity index (χ0) is 14.7. The van der Waals surface area contributed by atoms with Crippen molar-refractivity contribution in [1.82, 2.24) is 5.32 Å². The third kappa shape index (κ3) is 3.11. The van der Waals surface area contributed by atoms with Crippen LogP contribution in [-0.2, 0) is 6.61 Å². The van der Waals surface area contributed by atoms with Crippen LogP contribution >= 0.6 is 0 Å². The van der Waals surface area contributed by atoms with Crippen LogP contribution in [0.1, 0.15) is 30.4 Å². The molecule has 21 heavy (non-hydrogen) atoms. The lowest BCUT2D eigenvalue weighted by Crippen LogP contribution is -2.46. The van der Waals surface area contributed by atoms with E-state index in [1.54, 1.807) is 0 Å². The van der Waals surface area contributed by atoms with E-state index in [2.05, 4.69) is 55.7 Å². The van der Waals surface area contributed by atoms with E-state index in [1.807, 2.05) is 18.2 Å². The SMILES string of the molecule is CNC1CC(c2ccc(OCc3ccccc3)cc2)C1C. The van der Waals surface area contributed by atoms with Gasteiger partial charge >= 0.3 is 0 Å². The first-order valence-electron chi connectivity index (χ1n) is 7.72. The highest BCUT2D eigenvalue weighted by Crippen LogP contribution is 2.42. The van der Waals surface area contributed by atoms with E-state index < -0.39 is 0 Å². The molecule has 0 amide bonds. The second-order valence-electron chi connectivity index (χ2n) is 5.94. The average Bonchev–Trinajstić information content (AvgIpc) is 2.54. The van der Waals surface area contributed by atoms with Crippen LogP contribution in [0.4, 0.5) is 0 Å². The van der Waals surface area contributed by atoms with Crippen LogP contribution in [0.3, 0.4) is 0 Å². The second kappa shape index (κ2) is 6.31. The zero-order valence-electron chi connectivity index (χ0n) is 12.8. The van der Waals surface area contributed by atoms with Crippen molar-refractivity contribution in [2.75, 3.05) is 7.05 Å².